The number of nitrogens with two attached hydrogens (primary N) is 1. The van der Waals surface area contributed by atoms with Crippen LogP contribution in [0, 0.1) is 0 Å². The number of hydrogen-bond acceptors (Lipinski definition) is 5. The highest BCUT2D eigenvalue weighted by molar-refractivity contribution is 8.00. The van der Waals surface area contributed by atoms with Crippen LogP contribution in [0.5, 0.6) is 0 Å². The first kappa shape index (κ1) is 8.07. The first-order chi connectivity index (χ1) is 5.90. The van der Waals surface area contributed by atoms with E-state index in [1.807, 2.05) is 11.8 Å². The van der Waals surface area contributed by atoms with Gasteiger partial charge in [-0.05, 0) is 0 Å². The lowest BCUT2D eigenvalue weighted by Gasteiger charge is -2.20. The van der Waals surface area contributed by atoms with E-state index in [4.69, 9.17) is 10.3 Å². The van der Waals surface area contributed by atoms with Crippen molar-refractivity contribution in [2.24, 2.45) is 5.73 Å². The topological polar surface area (TPSA) is 64.9 Å². The molecule has 5 heteroatoms. The fraction of sp³-hybridized carbons (Fsp3) is 0.714. The molecule has 4 nitrogen and oxygen atoms in total. The Morgan fingerprint density at radius 1 is 1.58 bits per heavy atom. The highest BCUT2D eigenvalue weighted by Gasteiger charge is 2.24. The molecule has 1 aliphatic rings. The fourth-order valence-electron chi connectivity index (χ4n) is 1.04. The summed E-state index contributed by atoms with van der Waals surface area (Å²) in [4.78, 5) is 4.25. The quantitative estimate of drug-likeness (QED) is 0.738. The first-order valence-corrected chi connectivity index (χ1v) is 5.16. The van der Waals surface area contributed by atoms with Gasteiger partial charge in [0, 0.05) is 30.4 Å². The molecule has 1 aromatic rings. The van der Waals surface area contributed by atoms with Gasteiger partial charge in [0.1, 0.15) is 0 Å². The molecule has 0 aliphatic carbocycles. The Balaban J connectivity index is 2.02. The van der Waals surface area contributed by atoms with E-state index in [2.05, 4.69) is 10.1 Å². The smallest absolute Gasteiger partial charge is 0.227 e. The second-order valence-electron chi connectivity index (χ2n) is 2.82. The summed E-state index contributed by atoms with van der Waals surface area (Å²) in [5, 5.41) is 3.90. The maximum Gasteiger partial charge on any atom is 0.227 e. The number of rotatable bonds is 3. The molecule has 2 rings (SSSR count). The van der Waals surface area contributed by atoms with Crippen LogP contribution in [0.2, 0.25) is 0 Å². The van der Waals surface area contributed by atoms with Gasteiger partial charge in [-0.25, -0.2) is 0 Å². The van der Waals surface area contributed by atoms with E-state index < -0.39 is 0 Å². The molecule has 0 unspecified atom stereocenters. The summed E-state index contributed by atoms with van der Waals surface area (Å²) < 4.78 is 5.01. The van der Waals surface area contributed by atoms with Crippen LogP contribution in [0.4, 0.5) is 0 Å². The number of hydrogen-bond donors (Lipinski definition) is 1. The largest absolute Gasteiger partial charge is 0.339 e. The molecule has 0 radical (unpaired) electrons. The van der Waals surface area contributed by atoms with Crippen LogP contribution < -0.4 is 5.73 Å². The Morgan fingerprint density at radius 2 is 2.42 bits per heavy atom. The maximum atomic E-state index is 5.36. The van der Waals surface area contributed by atoms with Crippen molar-refractivity contribution >= 4 is 11.8 Å². The van der Waals surface area contributed by atoms with E-state index in [1.54, 1.807) is 0 Å². The monoisotopic (exact) mass is 185 g/mol. The van der Waals surface area contributed by atoms with Crippen molar-refractivity contribution in [2.75, 3.05) is 18.1 Å². The molecule has 1 saturated heterocycles. The Hall–Kier alpha value is -0.550. The lowest BCUT2D eigenvalue weighted by molar-refractivity contribution is 0.372. The van der Waals surface area contributed by atoms with Gasteiger partial charge in [0.15, 0.2) is 5.82 Å². The number of nitrogens with zero attached hydrogens (tertiary/aromatic N) is 2. The van der Waals surface area contributed by atoms with Crippen molar-refractivity contribution in [3.63, 3.8) is 0 Å². The Kier molecular flexibility index (Phi) is 2.32. The lowest BCUT2D eigenvalue weighted by Crippen LogP contribution is -2.16. The van der Waals surface area contributed by atoms with E-state index >= 15 is 0 Å². The van der Waals surface area contributed by atoms with Crippen molar-refractivity contribution in [3.05, 3.63) is 11.7 Å². The third-order valence-electron chi connectivity index (χ3n) is 1.85. The van der Waals surface area contributed by atoms with Gasteiger partial charge in [-0.1, -0.05) is 5.16 Å². The molecule has 0 saturated carbocycles. The van der Waals surface area contributed by atoms with Gasteiger partial charge in [0.05, 0.1) is 0 Å². The van der Waals surface area contributed by atoms with Gasteiger partial charge in [-0.3, -0.25) is 0 Å². The summed E-state index contributed by atoms with van der Waals surface area (Å²) >= 11 is 1.92. The number of aromatic nitrogens is 2. The van der Waals surface area contributed by atoms with Crippen molar-refractivity contribution in [1.29, 1.82) is 0 Å². The first-order valence-electron chi connectivity index (χ1n) is 4.00. The molecule has 0 spiro atoms. The molecular formula is C7H11N3OS. The summed E-state index contributed by atoms with van der Waals surface area (Å²) in [5.41, 5.74) is 5.36. The average molecular weight is 185 g/mol. The fourth-order valence-corrected chi connectivity index (χ4v) is 1.81. The molecule has 12 heavy (non-hydrogen) atoms. The average Bonchev–Trinajstić information content (AvgIpc) is 2.34. The SMILES string of the molecule is NCCc1nc(C2CSC2)no1. The van der Waals surface area contributed by atoms with Gasteiger partial charge in [-0.2, -0.15) is 16.7 Å². The van der Waals surface area contributed by atoms with Gasteiger partial charge < -0.3 is 10.3 Å². The highest BCUT2D eigenvalue weighted by atomic mass is 32.2. The molecule has 1 aromatic heterocycles. The Bertz CT molecular complexity index is 259. The molecule has 0 amide bonds. The molecule has 0 aromatic carbocycles. The second-order valence-corrected chi connectivity index (χ2v) is 3.89. The predicted octanol–water partition coefficient (Wildman–Crippen LogP) is 0.401. The van der Waals surface area contributed by atoms with Crippen LogP contribution in [0.15, 0.2) is 4.52 Å². The minimum Gasteiger partial charge on any atom is -0.339 e. The zero-order valence-electron chi connectivity index (χ0n) is 6.69. The van der Waals surface area contributed by atoms with Crippen LogP contribution in [0.3, 0.4) is 0 Å². The van der Waals surface area contributed by atoms with Gasteiger partial charge in [0.2, 0.25) is 5.89 Å². The predicted molar refractivity (Wildman–Crippen MR) is 47.1 cm³/mol. The lowest BCUT2D eigenvalue weighted by atomic mass is 10.2. The van der Waals surface area contributed by atoms with Gasteiger partial charge >= 0.3 is 0 Å². The minimum atomic E-state index is 0.519. The van der Waals surface area contributed by atoms with Crippen molar-refractivity contribution in [1.82, 2.24) is 10.1 Å². The van der Waals surface area contributed by atoms with Crippen LogP contribution in [-0.2, 0) is 6.42 Å². The Morgan fingerprint density at radius 3 is 3.00 bits per heavy atom. The summed E-state index contributed by atoms with van der Waals surface area (Å²) in [6.45, 7) is 0.570. The van der Waals surface area contributed by atoms with Crippen LogP contribution >= 0.6 is 11.8 Å². The number of thioether (sulfide) groups is 1. The molecule has 1 aliphatic heterocycles. The van der Waals surface area contributed by atoms with Crippen LogP contribution in [-0.4, -0.2) is 28.2 Å². The normalized spacial score (nSPS) is 17.8. The second kappa shape index (κ2) is 3.45. The van der Waals surface area contributed by atoms with E-state index in [1.165, 1.54) is 0 Å². The van der Waals surface area contributed by atoms with E-state index in [0.717, 1.165) is 17.3 Å². The molecule has 2 N–H and O–H groups in total. The zero-order chi connectivity index (χ0) is 8.39. The summed E-state index contributed by atoms with van der Waals surface area (Å²) in [7, 11) is 0. The summed E-state index contributed by atoms with van der Waals surface area (Å²) in [6.07, 6.45) is 0.687. The van der Waals surface area contributed by atoms with Crippen molar-refractivity contribution in [3.8, 4) is 0 Å². The standard InChI is InChI=1S/C7H11N3OS/c8-2-1-6-9-7(10-11-6)5-3-12-4-5/h5H,1-4,8H2. The zero-order valence-corrected chi connectivity index (χ0v) is 7.51. The third-order valence-corrected chi connectivity index (χ3v) is 3.12. The molecular weight excluding hydrogens is 174 g/mol. The maximum absolute atomic E-state index is 5.36. The highest BCUT2D eigenvalue weighted by Crippen LogP contribution is 2.31. The summed E-state index contributed by atoms with van der Waals surface area (Å²) in [6, 6.07) is 0. The van der Waals surface area contributed by atoms with Crippen LogP contribution in [0.1, 0.15) is 17.6 Å². The van der Waals surface area contributed by atoms with Crippen molar-refractivity contribution in [2.45, 2.75) is 12.3 Å². The molecule has 0 atom stereocenters. The minimum absolute atomic E-state index is 0.519. The summed E-state index contributed by atoms with van der Waals surface area (Å²) in [5.74, 6) is 4.30. The van der Waals surface area contributed by atoms with Gasteiger partial charge in [-0.15, -0.1) is 0 Å². The van der Waals surface area contributed by atoms with Crippen LogP contribution in [0.25, 0.3) is 0 Å². The molecule has 1 fully saturated rings. The van der Waals surface area contributed by atoms with E-state index in [0.29, 0.717) is 24.8 Å². The van der Waals surface area contributed by atoms with Gasteiger partial charge in [0.25, 0.3) is 0 Å². The van der Waals surface area contributed by atoms with E-state index in [9.17, 15) is 0 Å². The molecule has 2 heterocycles. The molecule has 0 bridgehead atoms. The molecule has 66 valence electrons. The van der Waals surface area contributed by atoms with E-state index in [-0.39, 0.29) is 0 Å². The van der Waals surface area contributed by atoms with Crippen molar-refractivity contribution < 1.29 is 4.52 Å². The third kappa shape index (κ3) is 1.47. The Labute approximate surface area is 74.9 Å².